The molecule has 1 aromatic carbocycles. The zero-order valence-electron chi connectivity index (χ0n) is 9.69. The maximum absolute atomic E-state index is 13.5. The van der Waals surface area contributed by atoms with Crippen LogP contribution < -0.4 is 0 Å². The van der Waals surface area contributed by atoms with Crippen molar-refractivity contribution in [2.75, 3.05) is 0 Å². The number of rotatable bonds is 1. The molecule has 0 bridgehead atoms. The highest BCUT2D eigenvalue weighted by Gasteiger charge is 2.07. The lowest BCUT2D eigenvalue weighted by molar-refractivity contribution is 0.621. The number of imidazole rings is 1. The van der Waals surface area contributed by atoms with Crippen molar-refractivity contribution in [2.24, 2.45) is 0 Å². The van der Waals surface area contributed by atoms with Gasteiger partial charge in [-0.05, 0) is 46.6 Å². The molecule has 0 unspecified atom stereocenters. The fourth-order valence-electron chi connectivity index (χ4n) is 1.90. The largest absolute Gasteiger partial charge is 0.306 e. The minimum absolute atomic E-state index is 0.277. The van der Waals surface area contributed by atoms with Gasteiger partial charge in [-0.3, -0.25) is 0 Å². The Kier molecular flexibility index (Phi) is 2.67. The molecular weight excluding hydrogens is 295 g/mol. The van der Waals surface area contributed by atoms with E-state index >= 15 is 0 Å². The Morgan fingerprint density at radius 2 is 2.00 bits per heavy atom. The number of hydrogen-bond donors (Lipinski definition) is 0. The Bertz CT molecular complexity index is 734. The number of pyridine rings is 1. The highest BCUT2D eigenvalue weighted by Crippen LogP contribution is 2.24. The molecule has 0 atom stereocenters. The van der Waals surface area contributed by atoms with Crippen LogP contribution in [0.1, 0.15) is 5.56 Å². The third-order valence-electron chi connectivity index (χ3n) is 2.81. The number of nitrogens with zero attached hydrogens (tertiary/aromatic N) is 2. The minimum atomic E-state index is -0.277. The third kappa shape index (κ3) is 1.93. The Hall–Kier alpha value is -1.68. The van der Waals surface area contributed by atoms with Crippen LogP contribution in [0.5, 0.6) is 0 Å². The first-order chi connectivity index (χ1) is 8.63. The highest BCUT2D eigenvalue weighted by molar-refractivity contribution is 9.10. The van der Waals surface area contributed by atoms with Crippen LogP contribution in [0.25, 0.3) is 16.9 Å². The Balaban J connectivity index is 2.16. The summed E-state index contributed by atoms with van der Waals surface area (Å²) in [5, 5.41) is 0. The van der Waals surface area contributed by atoms with E-state index in [0.717, 1.165) is 22.5 Å². The van der Waals surface area contributed by atoms with Crippen molar-refractivity contribution in [1.82, 2.24) is 9.38 Å². The lowest BCUT2D eigenvalue weighted by Crippen LogP contribution is -1.82. The van der Waals surface area contributed by atoms with E-state index in [0.29, 0.717) is 4.47 Å². The smallest absolute Gasteiger partial charge is 0.138 e. The standard InChI is InChI=1S/C14H10BrFN2/c1-9-2-5-14-17-13(8-18(14)7-9)10-3-4-11(15)12(16)6-10/h2-8H,1H3. The predicted molar refractivity (Wildman–Crippen MR) is 73.0 cm³/mol. The van der Waals surface area contributed by atoms with Gasteiger partial charge in [-0.2, -0.15) is 0 Å². The second-order valence-electron chi connectivity index (χ2n) is 4.23. The number of aromatic nitrogens is 2. The van der Waals surface area contributed by atoms with Crippen LogP contribution in [0.2, 0.25) is 0 Å². The first kappa shape index (κ1) is 11.4. The Morgan fingerprint density at radius 1 is 1.17 bits per heavy atom. The van der Waals surface area contributed by atoms with E-state index in [1.165, 1.54) is 6.07 Å². The van der Waals surface area contributed by atoms with Crippen LogP contribution in [0, 0.1) is 12.7 Å². The molecule has 0 amide bonds. The lowest BCUT2D eigenvalue weighted by Gasteiger charge is -1.98. The van der Waals surface area contributed by atoms with E-state index in [9.17, 15) is 4.39 Å². The molecule has 0 fully saturated rings. The van der Waals surface area contributed by atoms with E-state index in [2.05, 4.69) is 20.9 Å². The van der Waals surface area contributed by atoms with Crippen LogP contribution in [-0.2, 0) is 0 Å². The number of fused-ring (bicyclic) bond motifs is 1. The maximum Gasteiger partial charge on any atom is 0.138 e. The van der Waals surface area contributed by atoms with Crippen molar-refractivity contribution < 1.29 is 4.39 Å². The summed E-state index contributed by atoms with van der Waals surface area (Å²) < 4.78 is 15.9. The van der Waals surface area contributed by atoms with Crippen molar-refractivity contribution in [3.63, 3.8) is 0 Å². The molecule has 2 nitrogen and oxygen atoms in total. The van der Waals surface area contributed by atoms with Crippen LogP contribution in [-0.4, -0.2) is 9.38 Å². The SMILES string of the molecule is Cc1ccc2nc(-c3ccc(Br)c(F)c3)cn2c1. The number of benzene rings is 1. The molecule has 3 rings (SSSR count). The van der Waals surface area contributed by atoms with Crippen molar-refractivity contribution in [1.29, 1.82) is 0 Å². The van der Waals surface area contributed by atoms with Gasteiger partial charge >= 0.3 is 0 Å². The molecule has 4 heteroatoms. The van der Waals surface area contributed by atoms with Crippen molar-refractivity contribution >= 4 is 21.6 Å². The van der Waals surface area contributed by atoms with Gasteiger partial charge in [0.1, 0.15) is 11.5 Å². The summed E-state index contributed by atoms with van der Waals surface area (Å²) in [5.74, 6) is -0.277. The predicted octanol–water partition coefficient (Wildman–Crippen LogP) is 4.21. The van der Waals surface area contributed by atoms with Crippen molar-refractivity contribution in [3.05, 3.63) is 58.6 Å². The van der Waals surface area contributed by atoms with Gasteiger partial charge in [-0.15, -0.1) is 0 Å². The van der Waals surface area contributed by atoms with Crippen molar-refractivity contribution in [3.8, 4) is 11.3 Å². The topological polar surface area (TPSA) is 17.3 Å². The quantitative estimate of drug-likeness (QED) is 0.658. The summed E-state index contributed by atoms with van der Waals surface area (Å²) in [4.78, 5) is 4.48. The summed E-state index contributed by atoms with van der Waals surface area (Å²) in [6, 6.07) is 8.99. The molecule has 2 heterocycles. The van der Waals surface area contributed by atoms with E-state index < -0.39 is 0 Å². The summed E-state index contributed by atoms with van der Waals surface area (Å²) in [6.07, 6.45) is 3.91. The molecule has 0 aliphatic rings. The van der Waals surface area contributed by atoms with Crippen LogP contribution in [0.3, 0.4) is 0 Å². The molecule has 18 heavy (non-hydrogen) atoms. The molecule has 0 saturated carbocycles. The molecule has 90 valence electrons. The Labute approximate surface area is 112 Å². The summed E-state index contributed by atoms with van der Waals surface area (Å²) in [5.41, 5.74) is 3.57. The average Bonchev–Trinajstić information content (AvgIpc) is 2.75. The zero-order valence-corrected chi connectivity index (χ0v) is 11.3. The van der Waals surface area contributed by atoms with Gasteiger partial charge in [0.25, 0.3) is 0 Å². The maximum atomic E-state index is 13.5. The second kappa shape index (κ2) is 4.21. The first-order valence-corrected chi connectivity index (χ1v) is 6.33. The van der Waals surface area contributed by atoms with Crippen LogP contribution in [0.4, 0.5) is 4.39 Å². The average molecular weight is 305 g/mol. The van der Waals surface area contributed by atoms with Crippen LogP contribution in [0.15, 0.2) is 47.2 Å². The van der Waals surface area contributed by atoms with Gasteiger partial charge in [0, 0.05) is 18.0 Å². The summed E-state index contributed by atoms with van der Waals surface area (Å²) in [7, 11) is 0. The van der Waals surface area contributed by atoms with Crippen molar-refractivity contribution in [2.45, 2.75) is 6.92 Å². The fraction of sp³-hybridized carbons (Fsp3) is 0.0714. The Morgan fingerprint density at radius 3 is 2.78 bits per heavy atom. The molecule has 0 radical (unpaired) electrons. The zero-order chi connectivity index (χ0) is 12.7. The molecule has 2 aromatic heterocycles. The van der Waals surface area contributed by atoms with E-state index in [-0.39, 0.29) is 5.82 Å². The summed E-state index contributed by atoms with van der Waals surface area (Å²) >= 11 is 3.15. The van der Waals surface area contributed by atoms with E-state index in [1.807, 2.05) is 41.9 Å². The third-order valence-corrected chi connectivity index (χ3v) is 3.46. The van der Waals surface area contributed by atoms with Gasteiger partial charge < -0.3 is 4.40 Å². The number of hydrogen-bond acceptors (Lipinski definition) is 1. The molecular formula is C14H10BrFN2. The summed E-state index contributed by atoms with van der Waals surface area (Å²) in [6.45, 7) is 2.03. The van der Waals surface area contributed by atoms with Crippen LogP contribution >= 0.6 is 15.9 Å². The van der Waals surface area contributed by atoms with Gasteiger partial charge in [0.05, 0.1) is 10.2 Å². The normalized spacial score (nSPS) is 11.1. The minimum Gasteiger partial charge on any atom is -0.306 e. The van der Waals surface area contributed by atoms with Gasteiger partial charge in [-0.25, -0.2) is 9.37 Å². The number of aryl methyl sites for hydroxylation is 1. The molecule has 0 aliphatic carbocycles. The number of halogens is 2. The van der Waals surface area contributed by atoms with Gasteiger partial charge in [-0.1, -0.05) is 12.1 Å². The monoisotopic (exact) mass is 304 g/mol. The molecule has 0 spiro atoms. The molecule has 0 N–H and O–H groups in total. The fourth-order valence-corrected chi connectivity index (χ4v) is 2.14. The van der Waals surface area contributed by atoms with Gasteiger partial charge in [0.2, 0.25) is 0 Å². The van der Waals surface area contributed by atoms with E-state index in [1.54, 1.807) is 6.07 Å². The molecule has 0 saturated heterocycles. The lowest BCUT2D eigenvalue weighted by atomic mass is 10.2. The highest BCUT2D eigenvalue weighted by atomic mass is 79.9. The van der Waals surface area contributed by atoms with Gasteiger partial charge in [0.15, 0.2) is 0 Å². The first-order valence-electron chi connectivity index (χ1n) is 5.54. The molecule has 0 aliphatic heterocycles. The molecule has 3 aromatic rings. The second-order valence-corrected chi connectivity index (χ2v) is 5.08. The van der Waals surface area contributed by atoms with E-state index in [4.69, 9.17) is 0 Å².